The third-order valence-corrected chi connectivity index (χ3v) is 4.97. The summed E-state index contributed by atoms with van der Waals surface area (Å²) in [4.78, 5) is 0. The summed E-state index contributed by atoms with van der Waals surface area (Å²) < 4.78 is 6.20. The minimum atomic E-state index is 0.310. The molecule has 2 aliphatic carbocycles. The Labute approximate surface area is 142 Å². The topological polar surface area (TPSA) is 58.7 Å². The van der Waals surface area contributed by atoms with Crippen LogP contribution in [0, 0.1) is 0 Å². The molecular formula is C20H24N2O2. The molecule has 4 heteroatoms. The van der Waals surface area contributed by atoms with Crippen LogP contribution in [-0.2, 0) is 6.61 Å². The van der Waals surface area contributed by atoms with E-state index in [1.807, 2.05) is 25.2 Å². The number of aromatic hydroxyl groups is 1. The highest BCUT2D eigenvalue weighted by Crippen LogP contribution is 2.46. The first-order valence-electron chi connectivity index (χ1n) is 8.69. The maximum absolute atomic E-state index is 9.76. The fourth-order valence-electron chi connectivity index (χ4n) is 3.39. The lowest BCUT2D eigenvalue weighted by Gasteiger charge is -2.21. The highest BCUT2D eigenvalue weighted by atomic mass is 16.5. The minimum absolute atomic E-state index is 0.310. The van der Waals surface area contributed by atoms with Crippen molar-refractivity contribution in [2.24, 2.45) is 5.84 Å². The van der Waals surface area contributed by atoms with E-state index < -0.39 is 0 Å². The van der Waals surface area contributed by atoms with Crippen molar-refractivity contribution in [1.82, 2.24) is 0 Å². The quantitative estimate of drug-likeness (QED) is 0.622. The van der Waals surface area contributed by atoms with Gasteiger partial charge in [-0.1, -0.05) is 12.1 Å². The third-order valence-electron chi connectivity index (χ3n) is 4.97. The number of hydrazine groups is 1. The van der Waals surface area contributed by atoms with Crippen LogP contribution in [0.3, 0.4) is 0 Å². The van der Waals surface area contributed by atoms with Crippen LogP contribution < -0.4 is 15.6 Å². The average Bonchev–Trinajstić information content (AvgIpc) is 3.46. The molecule has 24 heavy (non-hydrogen) atoms. The Kier molecular flexibility index (Phi) is 3.85. The molecule has 0 radical (unpaired) electrons. The van der Waals surface area contributed by atoms with Crippen molar-refractivity contribution in [2.45, 2.75) is 44.1 Å². The molecule has 2 aromatic rings. The summed E-state index contributed by atoms with van der Waals surface area (Å²) in [6, 6.07) is 11.7. The molecule has 0 aliphatic heterocycles. The normalized spacial score (nSPS) is 16.9. The number of nitrogens with zero attached hydrogens (tertiary/aromatic N) is 1. The van der Waals surface area contributed by atoms with Crippen molar-refractivity contribution in [3.63, 3.8) is 0 Å². The molecule has 0 unspecified atom stereocenters. The average molecular weight is 324 g/mol. The number of nitrogens with two attached hydrogens (primary N) is 1. The molecule has 4 rings (SSSR count). The fraction of sp³-hybridized carbons (Fsp3) is 0.400. The lowest BCUT2D eigenvalue weighted by molar-refractivity contribution is 0.301. The Morgan fingerprint density at radius 2 is 1.79 bits per heavy atom. The summed E-state index contributed by atoms with van der Waals surface area (Å²) >= 11 is 0. The molecule has 0 saturated heterocycles. The van der Waals surface area contributed by atoms with E-state index in [9.17, 15) is 5.11 Å². The zero-order valence-corrected chi connectivity index (χ0v) is 14.0. The van der Waals surface area contributed by atoms with Gasteiger partial charge in [0.15, 0.2) is 0 Å². The van der Waals surface area contributed by atoms with Gasteiger partial charge in [0.2, 0.25) is 0 Å². The monoisotopic (exact) mass is 324 g/mol. The van der Waals surface area contributed by atoms with Gasteiger partial charge in [0.25, 0.3) is 0 Å². The van der Waals surface area contributed by atoms with Crippen molar-refractivity contribution in [1.29, 1.82) is 0 Å². The highest BCUT2D eigenvalue weighted by Gasteiger charge is 2.29. The van der Waals surface area contributed by atoms with Gasteiger partial charge in [-0.2, -0.15) is 0 Å². The molecule has 2 fully saturated rings. The van der Waals surface area contributed by atoms with Crippen LogP contribution in [0.5, 0.6) is 11.5 Å². The molecule has 0 spiro atoms. The smallest absolute Gasteiger partial charge is 0.123 e. The second kappa shape index (κ2) is 6.02. The Balaban J connectivity index is 1.62. The van der Waals surface area contributed by atoms with E-state index in [0.717, 1.165) is 17.0 Å². The van der Waals surface area contributed by atoms with E-state index in [4.69, 9.17) is 10.6 Å². The molecule has 126 valence electrons. The fourth-order valence-corrected chi connectivity index (χ4v) is 3.39. The largest absolute Gasteiger partial charge is 0.508 e. The Morgan fingerprint density at radius 3 is 2.46 bits per heavy atom. The molecule has 2 aliphatic rings. The summed E-state index contributed by atoms with van der Waals surface area (Å²) in [7, 11) is 1.87. The zero-order valence-electron chi connectivity index (χ0n) is 14.0. The number of phenols is 1. The van der Waals surface area contributed by atoms with Crippen molar-refractivity contribution in [3.8, 4) is 11.5 Å². The molecule has 2 saturated carbocycles. The van der Waals surface area contributed by atoms with Crippen molar-refractivity contribution >= 4 is 5.69 Å². The highest BCUT2D eigenvalue weighted by molar-refractivity contribution is 5.57. The zero-order chi connectivity index (χ0) is 16.7. The summed E-state index contributed by atoms with van der Waals surface area (Å²) in [6.45, 7) is 0.508. The summed E-state index contributed by atoms with van der Waals surface area (Å²) in [5.74, 6) is 8.39. The standard InChI is InChI=1S/C20H24N2O2/c1-22(21)19-4-2-3-16(13-5-6-13)18(19)12-24-20-10-9-15(23)11-17(20)14-7-8-14/h2-4,9-11,13-14,23H,5-8,12,21H2,1H3. The predicted octanol–water partition coefficient (Wildman–Crippen LogP) is 4.04. The van der Waals surface area contributed by atoms with Crippen LogP contribution in [0.4, 0.5) is 5.69 Å². The molecule has 0 bridgehead atoms. The number of anilines is 1. The van der Waals surface area contributed by atoms with Crippen LogP contribution in [-0.4, -0.2) is 12.2 Å². The second-order valence-corrected chi connectivity index (χ2v) is 7.02. The van der Waals surface area contributed by atoms with Crippen LogP contribution >= 0.6 is 0 Å². The van der Waals surface area contributed by atoms with Crippen molar-refractivity contribution < 1.29 is 9.84 Å². The first-order valence-corrected chi connectivity index (χ1v) is 8.69. The molecule has 0 atom stereocenters. The molecule has 0 aromatic heterocycles. The maximum Gasteiger partial charge on any atom is 0.123 e. The number of benzene rings is 2. The summed E-state index contributed by atoms with van der Waals surface area (Å²) in [5, 5.41) is 11.4. The van der Waals surface area contributed by atoms with Gasteiger partial charge in [-0.05, 0) is 67.3 Å². The number of hydrogen-bond acceptors (Lipinski definition) is 4. The van der Waals surface area contributed by atoms with Gasteiger partial charge < -0.3 is 14.9 Å². The molecule has 3 N–H and O–H groups in total. The van der Waals surface area contributed by atoms with E-state index >= 15 is 0 Å². The van der Waals surface area contributed by atoms with Crippen LogP contribution in [0.2, 0.25) is 0 Å². The van der Waals surface area contributed by atoms with Gasteiger partial charge in [0.05, 0.1) is 5.69 Å². The molecule has 2 aromatic carbocycles. The molecule has 4 nitrogen and oxygen atoms in total. The van der Waals surface area contributed by atoms with Crippen LogP contribution in [0.15, 0.2) is 36.4 Å². The number of ether oxygens (including phenoxy) is 1. The first kappa shape index (κ1) is 15.3. The van der Waals surface area contributed by atoms with E-state index in [1.54, 1.807) is 11.1 Å². The maximum atomic E-state index is 9.76. The number of rotatable bonds is 6. The Morgan fingerprint density at radius 1 is 1.08 bits per heavy atom. The lowest BCUT2D eigenvalue weighted by Crippen LogP contribution is -2.27. The van der Waals surface area contributed by atoms with E-state index in [1.165, 1.54) is 36.8 Å². The molecule has 0 heterocycles. The SMILES string of the molecule is CN(N)c1cccc(C2CC2)c1COc1ccc(O)cc1C1CC1. The predicted molar refractivity (Wildman–Crippen MR) is 95.4 cm³/mol. The third kappa shape index (κ3) is 3.06. The number of phenolic OH excluding ortho intramolecular Hbond substituents is 1. The van der Waals surface area contributed by atoms with Crippen LogP contribution in [0.25, 0.3) is 0 Å². The lowest BCUT2D eigenvalue weighted by atomic mass is 10.0. The molecular weight excluding hydrogens is 300 g/mol. The van der Waals surface area contributed by atoms with Crippen LogP contribution in [0.1, 0.15) is 54.2 Å². The van der Waals surface area contributed by atoms with Gasteiger partial charge in [0, 0.05) is 18.2 Å². The molecule has 0 amide bonds. The van der Waals surface area contributed by atoms with E-state index in [0.29, 0.717) is 24.2 Å². The van der Waals surface area contributed by atoms with Gasteiger partial charge in [0.1, 0.15) is 18.1 Å². The van der Waals surface area contributed by atoms with Crippen molar-refractivity contribution in [2.75, 3.05) is 12.1 Å². The van der Waals surface area contributed by atoms with Crippen molar-refractivity contribution in [3.05, 3.63) is 53.1 Å². The minimum Gasteiger partial charge on any atom is -0.508 e. The van der Waals surface area contributed by atoms with E-state index in [-0.39, 0.29) is 0 Å². The number of hydrogen-bond donors (Lipinski definition) is 2. The Bertz CT molecular complexity index is 729. The Hall–Kier alpha value is -2.20. The summed E-state index contributed by atoms with van der Waals surface area (Å²) in [6.07, 6.45) is 4.85. The second-order valence-electron chi connectivity index (χ2n) is 7.02. The first-order chi connectivity index (χ1) is 11.6. The van der Waals surface area contributed by atoms with Gasteiger partial charge in [-0.3, -0.25) is 0 Å². The van der Waals surface area contributed by atoms with Gasteiger partial charge >= 0.3 is 0 Å². The van der Waals surface area contributed by atoms with E-state index in [2.05, 4.69) is 12.1 Å². The van der Waals surface area contributed by atoms with Gasteiger partial charge in [-0.15, -0.1) is 0 Å². The van der Waals surface area contributed by atoms with Gasteiger partial charge in [-0.25, -0.2) is 5.84 Å². The summed E-state index contributed by atoms with van der Waals surface area (Å²) in [5.41, 5.74) is 4.68.